The lowest BCUT2D eigenvalue weighted by Crippen LogP contribution is -2.34. The molecular weight excluding hydrogens is 533 g/mol. The van der Waals surface area contributed by atoms with Crippen molar-refractivity contribution in [2.45, 2.75) is 44.8 Å². The Bertz CT molecular complexity index is 1910. The van der Waals surface area contributed by atoms with Crippen LogP contribution >= 0.6 is 11.3 Å². The van der Waals surface area contributed by atoms with Gasteiger partial charge in [0.1, 0.15) is 5.69 Å². The predicted molar refractivity (Wildman–Crippen MR) is 164 cm³/mol. The number of halogens is 1. The average molecular weight is 564 g/mol. The van der Waals surface area contributed by atoms with Crippen molar-refractivity contribution in [3.05, 3.63) is 77.6 Å². The highest BCUT2D eigenvalue weighted by molar-refractivity contribution is 7.14. The fourth-order valence-corrected chi connectivity index (χ4v) is 7.32. The Balaban J connectivity index is 1.15. The number of pyridine rings is 1. The van der Waals surface area contributed by atoms with E-state index in [1.165, 1.54) is 43.7 Å². The Morgan fingerprint density at radius 2 is 1.88 bits per heavy atom. The van der Waals surface area contributed by atoms with Gasteiger partial charge in [-0.25, -0.2) is 4.98 Å². The maximum Gasteiger partial charge on any atom is 0.176 e. The Hall–Kier alpha value is -4.01. The van der Waals surface area contributed by atoms with E-state index in [2.05, 4.69) is 57.8 Å². The molecule has 2 aliphatic rings. The number of aromatic amines is 2. The fraction of sp³-hybridized carbons (Fsp3) is 0.273. The first-order valence-electron chi connectivity index (χ1n) is 14.3. The minimum atomic E-state index is -0.214. The summed E-state index contributed by atoms with van der Waals surface area (Å²) in [7, 11) is 0. The largest absolute Gasteiger partial charge is 0.355 e. The standard InChI is InChI=1S/C33H30FN5OS/c1-19-12-20(14-23(13-19)37-33(18-40-33)22-6-3-2-4-7-22)21-15-26-31(38-39-32(26)35-17-21)28-16-25-24(8-5-9-27(25)36-28)29-10-11-30(34)41-29/h5,8-17,22,36-37H,2-4,6-7,18H2,1H3,(H,35,38,39). The number of hydrogen-bond donors (Lipinski definition) is 3. The maximum absolute atomic E-state index is 13.8. The molecule has 0 spiro atoms. The zero-order valence-corrected chi connectivity index (χ0v) is 23.6. The smallest absolute Gasteiger partial charge is 0.176 e. The molecule has 206 valence electrons. The monoisotopic (exact) mass is 563 g/mol. The van der Waals surface area contributed by atoms with Crippen molar-refractivity contribution >= 4 is 39.0 Å². The van der Waals surface area contributed by atoms with Crippen LogP contribution in [0.25, 0.3) is 54.9 Å². The lowest BCUT2D eigenvalue weighted by molar-refractivity contribution is 0.197. The fourth-order valence-electron chi connectivity index (χ4n) is 6.55. The number of nitrogens with one attached hydrogen (secondary N) is 3. The van der Waals surface area contributed by atoms with Gasteiger partial charge in [0.15, 0.2) is 16.5 Å². The quantitative estimate of drug-likeness (QED) is 0.177. The summed E-state index contributed by atoms with van der Waals surface area (Å²) in [6.07, 6.45) is 8.28. The molecule has 1 atom stereocenters. The van der Waals surface area contributed by atoms with Gasteiger partial charge in [0.05, 0.1) is 12.3 Å². The van der Waals surface area contributed by atoms with Gasteiger partial charge in [0, 0.05) is 50.1 Å². The van der Waals surface area contributed by atoms with E-state index in [0.29, 0.717) is 5.92 Å². The zero-order valence-electron chi connectivity index (χ0n) is 22.8. The molecule has 2 aromatic carbocycles. The van der Waals surface area contributed by atoms with Crippen molar-refractivity contribution in [2.24, 2.45) is 5.92 Å². The Labute approximate surface area is 241 Å². The third-order valence-electron chi connectivity index (χ3n) is 8.66. The zero-order chi connectivity index (χ0) is 27.6. The lowest BCUT2D eigenvalue weighted by atomic mass is 9.84. The third-order valence-corrected chi connectivity index (χ3v) is 9.57. The number of rotatable bonds is 6. The second-order valence-corrected chi connectivity index (χ2v) is 12.5. The molecule has 3 N–H and O–H groups in total. The number of fused-ring (bicyclic) bond motifs is 2. The summed E-state index contributed by atoms with van der Waals surface area (Å²) < 4.78 is 19.8. The molecule has 1 aliphatic heterocycles. The first-order valence-corrected chi connectivity index (χ1v) is 15.1. The molecule has 6 aromatic rings. The van der Waals surface area contributed by atoms with Gasteiger partial charge in [-0.05, 0) is 73.4 Å². The summed E-state index contributed by atoms with van der Waals surface area (Å²) in [5.74, 6) is 0.572. The summed E-state index contributed by atoms with van der Waals surface area (Å²) in [5.41, 5.74) is 8.61. The van der Waals surface area contributed by atoms with Crippen LogP contribution in [-0.4, -0.2) is 32.5 Å². The Kier molecular flexibility index (Phi) is 5.76. The molecule has 6 nitrogen and oxygen atoms in total. The minimum absolute atomic E-state index is 0.187. The summed E-state index contributed by atoms with van der Waals surface area (Å²) in [6, 6.07) is 20.3. The number of hydrogen-bond acceptors (Lipinski definition) is 5. The second kappa shape index (κ2) is 9.53. The minimum Gasteiger partial charge on any atom is -0.355 e. The number of anilines is 1. The average Bonchev–Trinajstić information content (AvgIpc) is 3.29. The molecule has 41 heavy (non-hydrogen) atoms. The number of nitrogens with zero attached hydrogens (tertiary/aromatic N) is 2. The van der Waals surface area contributed by atoms with E-state index in [4.69, 9.17) is 9.72 Å². The van der Waals surface area contributed by atoms with Crippen LogP contribution in [0.2, 0.25) is 0 Å². The van der Waals surface area contributed by atoms with Gasteiger partial charge < -0.3 is 15.0 Å². The molecule has 4 aromatic heterocycles. The highest BCUT2D eigenvalue weighted by atomic mass is 32.1. The van der Waals surface area contributed by atoms with E-state index in [0.717, 1.165) is 78.5 Å². The van der Waals surface area contributed by atoms with Gasteiger partial charge in [-0.1, -0.05) is 37.5 Å². The van der Waals surface area contributed by atoms with Crippen LogP contribution in [0.4, 0.5) is 10.1 Å². The lowest BCUT2D eigenvalue weighted by Gasteiger charge is -2.29. The van der Waals surface area contributed by atoms with Crippen LogP contribution in [0.15, 0.2) is 66.9 Å². The second-order valence-electron chi connectivity index (χ2n) is 11.5. The van der Waals surface area contributed by atoms with E-state index < -0.39 is 0 Å². The van der Waals surface area contributed by atoms with Crippen LogP contribution in [0, 0.1) is 18.0 Å². The van der Waals surface area contributed by atoms with Crippen molar-refractivity contribution in [1.82, 2.24) is 20.2 Å². The molecule has 1 unspecified atom stereocenters. The molecule has 1 saturated heterocycles. The van der Waals surface area contributed by atoms with Gasteiger partial charge in [-0.3, -0.25) is 5.10 Å². The third kappa shape index (κ3) is 4.42. The van der Waals surface area contributed by atoms with Crippen LogP contribution in [-0.2, 0) is 4.74 Å². The van der Waals surface area contributed by atoms with E-state index in [-0.39, 0.29) is 10.9 Å². The van der Waals surface area contributed by atoms with Crippen LogP contribution in [0.1, 0.15) is 37.7 Å². The van der Waals surface area contributed by atoms with Crippen molar-refractivity contribution < 1.29 is 9.13 Å². The number of benzene rings is 2. The van der Waals surface area contributed by atoms with E-state index in [1.807, 2.05) is 30.5 Å². The van der Waals surface area contributed by atoms with Crippen molar-refractivity contribution in [3.8, 4) is 33.0 Å². The number of ether oxygens (including phenoxy) is 1. The number of epoxide rings is 1. The highest BCUT2D eigenvalue weighted by Crippen LogP contribution is 2.44. The molecule has 1 aliphatic carbocycles. The molecule has 1 saturated carbocycles. The van der Waals surface area contributed by atoms with E-state index in [1.54, 1.807) is 0 Å². The highest BCUT2D eigenvalue weighted by Gasteiger charge is 2.51. The summed E-state index contributed by atoms with van der Waals surface area (Å²) >= 11 is 1.16. The summed E-state index contributed by atoms with van der Waals surface area (Å²) in [4.78, 5) is 9.16. The molecule has 2 fully saturated rings. The number of aryl methyl sites for hydroxylation is 1. The van der Waals surface area contributed by atoms with Gasteiger partial charge in [-0.15, -0.1) is 11.3 Å². The molecule has 0 radical (unpaired) electrons. The number of H-pyrrole nitrogens is 2. The van der Waals surface area contributed by atoms with Gasteiger partial charge in [0.25, 0.3) is 0 Å². The van der Waals surface area contributed by atoms with Gasteiger partial charge in [0.2, 0.25) is 0 Å². The molecule has 8 rings (SSSR count). The predicted octanol–water partition coefficient (Wildman–Crippen LogP) is 8.67. The number of aromatic nitrogens is 4. The van der Waals surface area contributed by atoms with E-state index >= 15 is 0 Å². The van der Waals surface area contributed by atoms with Crippen molar-refractivity contribution in [3.63, 3.8) is 0 Å². The van der Waals surface area contributed by atoms with Crippen LogP contribution < -0.4 is 5.32 Å². The normalized spacial score (nSPS) is 19.3. The van der Waals surface area contributed by atoms with E-state index in [9.17, 15) is 4.39 Å². The molecule has 0 amide bonds. The van der Waals surface area contributed by atoms with Crippen molar-refractivity contribution in [1.29, 1.82) is 0 Å². The van der Waals surface area contributed by atoms with Crippen LogP contribution in [0.5, 0.6) is 0 Å². The Morgan fingerprint density at radius 1 is 1.00 bits per heavy atom. The topological polar surface area (TPSA) is 81.9 Å². The summed E-state index contributed by atoms with van der Waals surface area (Å²) in [6.45, 7) is 2.91. The Morgan fingerprint density at radius 3 is 2.68 bits per heavy atom. The van der Waals surface area contributed by atoms with Crippen LogP contribution in [0.3, 0.4) is 0 Å². The first kappa shape index (κ1) is 24.8. The molecule has 8 heteroatoms. The molecule has 0 bridgehead atoms. The molecular formula is C33H30FN5OS. The molecule has 5 heterocycles. The maximum atomic E-state index is 13.8. The SMILES string of the molecule is Cc1cc(NC2(C3CCCCC3)CO2)cc(-c2cnc3[nH]nc(-c4cc5c(-c6ccc(F)s6)cccc5[nH]4)c3c2)c1. The number of thiophene rings is 1. The van der Waals surface area contributed by atoms with Crippen molar-refractivity contribution in [2.75, 3.05) is 11.9 Å². The van der Waals surface area contributed by atoms with Gasteiger partial charge in [-0.2, -0.15) is 9.49 Å². The first-order chi connectivity index (χ1) is 20.0. The summed E-state index contributed by atoms with van der Waals surface area (Å²) in [5, 5.41) is 13.3. The van der Waals surface area contributed by atoms with Gasteiger partial charge >= 0.3 is 0 Å².